The standard InChI is InChI=1S/C29H35NO3/c1-21(2)33-28-16-12-26(13-17-28)29(25-10-6-22(3)7-11-25)18-19-30(23(4)31)20-24-8-14-27(32-5)15-9-24/h6-17,21,29H,18-20H2,1-5H3. The summed E-state index contributed by atoms with van der Waals surface area (Å²) in [6, 6.07) is 24.9. The first-order chi connectivity index (χ1) is 15.9. The molecule has 0 aliphatic rings. The number of methoxy groups -OCH3 is 1. The van der Waals surface area contributed by atoms with Gasteiger partial charge >= 0.3 is 0 Å². The minimum Gasteiger partial charge on any atom is -0.497 e. The Morgan fingerprint density at radius 3 is 1.91 bits per heavy atom. The van der Waals surface area contributed by atoms with Gasteiger partial charge in [-0.3, -0.25) is 4.79 Å². The van der Waals surface area contributed by atoms with Crippen LogP contribution in [-0.4, -0.2) is 30.6 Å². The third-order valence-corrected chi connectivity index (χ3v) is 5.80. The Hall–Kier alpha value is -3.27. The molecule has 0 N–H and O–H groups in total. The number of carbonyl (C=O) groups excluding carboxylic acids is 1. The van der Waals surface area contributed by atoms with Crippen LogP contribution in [0.3, 0.4) is 0 Å². The summed E-state index contributed by atoms with van der Waals surface area (Å²) in [5.74, 6) is 1.96. The Labute approximate surface area is 198 Å². The summed E-state index contributed by atoms with van der Waals surface area (Å²) in [6.07, 6.45) is 0.981. The molecule has 0 saturated carbocycles. The monoisotopic (exact) mass is 445 g/mol. The lowest BCUT2D eigenvalue weighted by atomic mass is 9.88. The van der Waals surface area contributed by atoms with Gasteiger partial charge in [-0.1, -0.05) is 54.1 Å². The highest BCUT2D eigenvalue weighted by molar-refractivity contribution is 5.73. The zero-order valence-corrected chi connectivity index (χ0v) is 20.4. The number of ether oxygens (including phenoxy) is 2. The van der Waals surface area contributed by atoms with Crippen molar-refractivity contribution in [2.24, 2.45) is 0 Å². The van der Waals surface area contributed by atoms with Crippen molar-refractivity contribution in [2.75, 3.05) is 13.7 Å². The lowest BCUT2D eigenvalue weighted by Gasteiger charge is -2.25. The molecule has 0 aromatic heterocycles. The maximum absolute atomic E-state index is 12.4. The van der Waals surface area contributed by atoms with Crippen molar-refractivity contribution in [3.8, 4) is 11.5 Å². The van der Waals surface area contributed by atoms with Crippen LogP contribution in [-0.2, 0) is 11.3 Å². The highest BCUT2D eigenvalue weighted by atomic mass is 16.5. The highest BCUT2D eigenvalue weighted by Gasteiger charge is 2.18. The Bertz CT molecular complexity index is 1010. The molecule has 33 heavy (non-hydrogen) atoms. The van der Waals surface area contributed by atoms with E-state index < -0.39 is 0 Å². The maximum Gasteiger partial charge on any atom is 0.219 e. The molecule has 0 spiro atoms. The lowest BCUT2D eigenvalue weighted by Crippen LogP contribution is -2.30. The number of benzene rings is 3. The molecule has 1 atom stereocenters. The molecular weight excluding hydrogens is 410 g/mol. The van der Waals surface area contributed by atoms with E-state index in [0.29, 0.717) is 13.1 Å². The SMILES string of the molecule is COc1ccc(CN(CCC(c2ccc(C)cc2)c2ccc(OC(C)C)cc2)C(C)=O)cc1. The van der Waals surface area contributed by atoms with E-state index in [2.05, 4.69) is 43.3 Å². The van der Waals surface area contributed by atoms with Crippen molar-refractivity contribution < 1.29 is 14.3 Å². The molecule has 1 amide bonds. The largest absolute Gasteiger partial charge is 0.497 e. The van der Waals surface area contributed by atoms with Gasteiger partial charge in [0.05, 0.1) is 13.2 Å². The molecule has 4 nitrogen and oxygen atoms in total. The summed E-state index contributed by atoms with van der Waals surface area (Å²) in [5, 5.41) is 0. The summed E-state index contributed by atoms with van der Waals surface area (Å²) in [6.45, 7) is 9.06. The summed E-state index contributed by atoms with van der Waals surface area (Å²) in [5.41, 5.74) is 4.81. The third kappa shape index (κ3) is 7.11. The number of aryl methyl sites for hydroxylation is 1. The summed E-state index contributed by atoms with van der Waals surface area (Å²) < 4.78 is 11.1. The van der Waals surface area contributed by atoms with Crippen LogP contribution in [0, 0.1) is 6.92 Å². The van der Waals surface area contributed by atoms with Gasteiger partial charge in [0.25, 0.3) is 0 Å². The van der Waals surface area contributed by atoms with Crippen LogP contribution in [0.5, 0.6) is 11.5 Å². The minimum atomic E-state index is 0.0779. The van der Waals surface area contributed by atoms with E-state index in [1.807, 2.05) is 55.1 Å². The van der Waals surface area contributed by atoms with Gasteiger partial charge in [-0.05, 0) is 68.1 Å². The summed E-state index contributed by atoms with van der Waals surface area (Å²) in [4.78, 5) is 14.3. The normalized spacial score (nSPS) is 11.8. The van der Waals surface area contributed by atoms with E-state index in [-0.39, 0.29) is 17.9 Å². The first-order valence-electron chi connectivity index (χ1n) is 11.6. The van der Waals surface area contributed by atoms with Gasteiger partial charge in [-0.25, -0.2) is 0 Å². The predicted molar refractivity (Wildman–Crippen MR) is 134 cm³/mol. The second-order valence-corrected chi connectivity index (χ2v) is 8.78. The third-order valence-electron chi connectivity index (χ3n) is 5.80. The number of rotatable bonds is 10. The lowest BCUT2D eigenvalue weighted by molar-refractivity contribution is -0.129. The van der Waals surface area contributed by atoms with Crippen LogP contribution in [0.25, 0.3) is 0 Å². The number of amides is 1. The molecule has 0 heterocycles. The van der Waals surface area contributed by atoms with Gasteiger partial charge in [0.1, 0.15) is 11.5 Å². The second-order valence-electron chi connectivity index (χ2n) is 8.78. The smallest absolute Gasteiger partial charge is 0.219 e. The van der Waals surface area contributed by atoms with Crippen LogP contribution >= 0.6 is 0 Å². The van der Waals surface area contributed by atoms with Gasteiger partial charge in [0.2, 0.25) is 5.91 Å². The van der Waals surface area contributed by atoms with Crippen LogP contribution in [0.1, 0.15) is 55.4 Å². The van der Waals surface area contributed by atoms with Gasteiger partial charge in [0.15, 0.2) is 0 Å². The highest BCUT2D eigenvalue weighted by Crippen LogP contribution is 2.30. The van der Waals surface area contributed by atoms with Crippen molar-refractivity contribution in [1.82, 2.24) is 4.90 Å². The zero-order valence-electron chi connectivity index (χ0n) is 20.4. The fourth-order valence-electron chi connectivity index (χ4n) is 3.96. The van der Waals surface area contributed by atoms with Gasteiger partial charge < -0.3 is 14.4 Å². The molecule has 3 aromatic rings. The van der Waals surface area contributed by atoms with E-state index in [0.717, 1.165) is 23.5 Å². The van der Waals surface area contributed by atoms with E-state index in [9.17, 15) is 4.79 Å². The number of nitrogens with zero attached hydrogens (tertiary/aromatic N) is 1. The number of hydrogen-bond donors (Lipinski definition) is 0. The van der Waals surface area contributed by atoms with E-state index in [4.69, 9.17) is 9.47 Å². The molecule has 1 unspecified atom stereocenters. The fourth-order valence-corrected chi connectivity index (χ4v) is 3.96. The van der Waals surface area contributed by atoms with Gasteiger partial charge in [0, 0.05) is 25.9 Å². The van der Waals surface area contributed by atoms with Crippen molar-refractivity contribution >= 4 is 5.91 Å². The van der Waals surface area contributed by atoms with Gasteiger partial charge in [-0.15, -0.1) is 0 Å². The van der Waals surface area contributed by atoms with E-state index in [1.54, 1.807) is 14.0 Å². The fraction of sp³-hybridized carbons (Fsp3) is 0.345. The average molecular weight is 446 g/mol. The number of carbonyl (C=O) groups is 1. The van der Waals surface area contributed by atoms with Crippen LogP contribution in [0.2, 0.25) is 0 Å². The van der Waals surface area contributed by atoms with Crippen LogP contribution in [0.15, 0.2) is 72.8 Å². The van der Waals surface area contributed by atoms with Crippen molar-refractivity contribution in [3.63, 3.8) is 0 Å². The van der Waals surface area contributed by atoms with Crippen molar-refractivity contribution in [2.45, 2.75) is 52.7 Å². The van der Waals surface area contributed by atoms with Gasteiger partial charge in [-0.2, -0.15) is 0 Å². The molecule has 0 radical (unpaired) electrons. The molecule has 174 valence electrons. The first-order valence-corrected chi connectivity index (χ1v) is 11.6. The molecule has 0 saturated heterocycles. The minimum absolute atomic E-state index is 0.0779. The van der Waals surface area contributed by atoms with E-state index in [1.165, 1.54) is 16.7 Å². The van der Waals surface area contributed by atoms with Crippen molar-refractivity contribution in [3.05, 3.63) is 95.1 Å². The average Bonchev–Trinajstić information content (AvgIpc) is 2.80. The quantitative estimate of drug-likeness (QED) is 0.364. The maximum atomic E-state index is 12.4. The Balaban J connectivity index is 1.79. The Morgan fingerprint density at radius 1 is 0.848 bits per heavy atom. The van der Waals surface area contributed by atoms with E-state index >= 15 is 0 Å². The summed E-state index contributed by atoms with van der Waals surface area (Å²) in [7, 11) is 1.66. The molecule has 3 rings (SSSR count). The van der Waals surface area contributed by atoms with Crippen LogP contribution < -0.4 is 9.47 Å². The van der Waals surface area contributed by atoms with Crippen molar-refractivity contribution in [1.29, 1.82) is 0 Å². The Kier molecular flexibility index (Phi) is 8.53. The molecular formula is C29H35NO3. The second kappa shape index (κ2) is 11.6. The first kappa shape index (κ1) is 24.4. The molecule has 0 aliphatic carbocycles. The molecule has 0 aliphatic heterocycles. The zero-order chi connectivity index (χ0) is 23.8. The molecule has 4 heteroatoms. The topological polar surface area (TPSA) is 38.8 Å². The Morgan fingerprint density at radius 2 is 1.39 bits per heavy atom. The predicted octanol–water partition coefficient (Wildman–Crippen LogP) is 6.36. The van der Waals surface area contributed by atoms with Crippen LogP contribution in [0.4, 0.5) is 0 Å². The summed E-state index contributed by atoms with van der Waals surface area (Å²) >= 11 is 0. The number of hydrogen-bond acceptors (Lipinski definition) is 3. The molecule has 0 bridgehead atoms. The molecule has 0 fully saturated rings. The molecule has 3 aromatic carbocycles.